The van der Waals surface area contributed by atoms with Crippen LogP contribution in [0.5, 0.6) is 0 Å². The highest BCUT2D eigenvalue weighted by Crippen LogP contribution is 2.46. The molecule has 188 valence electrons. The van der Waals surface area contributed by atoms with Gasteiger partial charge in [0.05, 0.1) is 47.0 Å². The number of pyridine rings is 1. The summed E-state index contributed by atoms with van der Waals surface area (Å²) >= 11 is 6.57. The SMILES string of the molecule is [2H][C@@](Nc1cc(Cl)c2ncc(C#N)c(NC3(C(F)F)CC3)c2c1)(c1ccc(F)cc1)c1cn(C2CC2)nn1. The Morgan fingerprint density at radius 3 is 2.62 bits per heavy atom. The summed E-state index contributed by atoms with van der Waals surface area (Å²) in [5, 5.41) is 24.7. The van der Waals surface area contributed by atoms with Gasteiger partial charge in [-0.2, -0.15) is 5.26 Å². The largest absolute Gasteiger partial charge is 0.373 e. The van der Waals surface area contributed by atoms with Crippen molar-refractivity contribution in [3.8, 4) is 6.07 Å². The number of benzene rings is 2. The molecule has 6 rings (SSSR count). The van der Waals surface area contributed by atoms with E-state index in [0.717, 1.165) is 12.8 Å². The number of halogens is 4. The standard InChI is InChI=1S/C26H21ClF3N7/c27-20-10-17(9-19-22(15(11-31)12-32-24(19)20)34-26(7-8-26)25(29)30)33-23(14-1-3-16(28)4-2-14)21-13-37(36-35-21)18-5-6-18/h1-4,9-10,12-13,18,23,25,33H,5-8H2,(H,32,34)/t23-/m1/s1/i23D. The summed E-state index contributed by atoms with van der Waals surface area (Å²) in [7, 11) is 0. The Labute approximate surface area is 216 Å². The second-order valence-electron chi connectivity index (χ2n) is 9.42. The van der Waals surface area contributed by atoms with E-state index >= 15 is 0 Å². The van der Waals surface area contributed by atoms with Crippen molar-refractivity contribution < 1.29 is 14.5 Å². The zero-order valence-electron chi connectivity index (χ0n) is 20.3. The van der Waals surface area contributed by atoms with E-state index in [4.69, 9.17) is 11.6 Å². The van der Waals surface area contributed by atoms with Crippen LogP contribution >= 0.6 is 11.6 Å². The van der Waals surface area contributed by atoms with Crippen LogP contribution in [0.15, 0.2) is 48.8 Å². The number of nitrogens with one attached hydrogen (secondary N) is 2. The third-order valence-corrected chi connectivity index (χ3v) is 7.00. The molecule has 11 heteroatoms. The minimum atomic E-state index is -2.62. The van der Waals surface area contributed by atoms with Crippen LogP contribution in [-0.4, -0.2) is 31.9 Å². The van der Waals surface area contributed by atoms with Crippen LogP contribution in [0, 0.1) is 17.1 Å². The van der Waals surface area contributed by atoms with Gasteiger partial charge < -0.3 is 10.6 Å². The lowest BCUT2D eigenvalue weighted by atomic mass is 10.0. The van der Waals surface area contributed by atoms with Gasteiger partial charge in [0.15, 0.2) is 0 Å². The van der Waals surface area contributed by atoms with E-state index in [1.807, 2.05) is 6.07 Å². The molecule has 0 amide bonds. The van der Waals surface area contributed by atoms with Gasteiger partial charge in [0.25, 0.3) is 6.43 Å². The maximum absolute atomic E-state index is 13.8. The maximum atomic E-state index is 13.8. The van der Waals surface area contributed by atoms with Gasteiger partial charge in [-0.1, -0.05) is 28.9 Å². The van der Waals surface area contributed by atoms with Gasteiger partial charge in [-0.25, -0.2) is 17.9 Å². The first-order valence-electron chi connectivity index (χ1n) is 12.3. The molecule has 0 aliphatic heterocycles. The van der Waals surface area contributed by atoms with Gasteiger partial charge in [-0.3, -0.25) is 4.98 Å². The van der Waals surface area contributed by atoms with Gasteiger partial charge in [-0.05, 0) is 55.5 Å². The molecule has 0 radical (unpaired) electrons. The maximum Gasteiger partial charge on any atom is 0.261 e. The Kier molecular flexibility index (Phi) is 5.39. The van der Waals surface area contributed by atoms with Crippen molar-refractivity contribution in [1.29, 1.82) is 5.26 Å². The van der Waals surface area contributed by atoms with Gasteiger partial charge in [-0.15, -0.1) is 5.10 Å². The van der Waals surface area contributed by atoms with E-state index in [9.17, 15) is 19.8 Å². The van der Waals surface area contributed by atoms with E-state index in [2.05, 4.69) is 25.9 Å². The lowest BCUT2D eigenvalue weighted by Crippen LogP contribution is -2.30. The molecule has 2 aromatic carbocycles. The molecule has 2 heterocycles. The van der Waals surface area contributed by atoms with E-state index in [-0.39, 0.29) is 40.9 Å². The first-order chi connectivity index (χ1) is 18.2. The fourth-order valence-electron chi connectivity index (χ4n) is 4.29. The summed E-state index contributed by atoms with van der Waals surface area (Å²) in [6.07, 6.45) is 2.84. The number of anilines is 2. The number of hydrogen-bond donors (Lipinski definition) is 2. The molecule has 37 heavy (non-hydrogen) atoms. The Balaban J connectivity index is 1.47. The Bertz CT molecular complexity index is 1580. The molecular weight excluding hydrogens is 503 g/mol. The number of rotatable bonds is 8. The number of hydrogen-bond acceptors (Lipinski definition) is 6. The van der Waals surface area contributed by atoms with Crippen LogP contribution in [-0.2, 0) is 0 Å². The van der Waals surface area contributed by atoms with E-state index in [1.54, 1.807) is 23.0 Å². The number of nitriles is 1. The van der Waals surface area contributed by atoms with Crippen LogP contribution < -0.4 is 10.6 Å². The summed E-state index contributed by atoms with van der Waals surface area (Å²) in [5.74, 6) is -0.453. The minimum Gasteiger partial charge on any atom is -0.373 e. The fraction of sp³-hybridized carbons (Fsp3) is 0.308. The van der Waals surface area contributed by atoms with Crippen molar-refractivity contribution in [3.05, 3.63) is 76.5 Å². The number of aromatic nitrogens is 4. The van der Waals surface area contributed by atoms with Crippen molar-refractivity contribution in [3.63, 3.8) is 0 Å². The first-order valence-corrected chi connectivity index (χ1v) is 12.2. The third kappa shape index (κ3) is 4.44. The molecule has 2 aliphatic rings. The molecule has 4 aromatic rings. The molecule has 0 bridgehead atoms. The van der Waals surface area contributed by atoms with Crippen molar-refractivity contribution in [2.45, 2.75) is 49.7 Å². The third-order valence-electron chi connectivity index (χ3n) is 6.72. The lowest BCUT2D eigenvalue weighted by Gasteiger charge is -2.22. The second kappa shape index (κ2) is 8.92. The monoisotopic (exact) mass is 524 g/mol. The van der Waals surface area contributed by atoms with Crippen LogP contribution in [0.25, 0.3) is 10.9 Å². The molecule has 0 unspecified atom stereocenters. The Morgan fingerprint density at radius 1 is 1.22 bits per heavy atom. The zero-order valence-corrected chi connectivity index (χ0v) is 20.1. The highest BCUT2D eigenvalue weighted by atomic mass is 35.5. The Morgan fingerprint density at radius 2 is 1.97 bits per heavy atom. The highest BCUT2D eigenvalue weighted by Gasteiger charge is 2.51. The van der Waals surface area contributed by atoms with Crippen LogP contribution in [0.3, 0.4) is 0 Å². The van der Waals surface area contributed by atoms with Crippen molar-refractivity contribution in [1.82, 2.24) is 20.0 Å². The first kappa shape index (κ1) is 22.4. The molecule has 2 aromatic heterocycles. The van der Waals surface area contributed by atoms with Crippen molar-refractivity contribution in [2.24, 2.45) is 0 Å². The predicted molar refractivity (Wildman–Crippen MR) is 133 cm³/mol. The average molecular weight is 525 g/mol. The predicted octanol–water partition coefficient (Wildman–Crippen LogP) is 6.24. The minimum absolute atomic E-state index is 0.0979. The molecule has 0 spiro atoms. The molecular formula is C26H21ClF3N7. The summed E-state index contributed by atoms with van der Waals surface area (Å²) in [6.45, 7) is 0. The second-order valence-corrected chi connectivity index (χ2v) is 9.82. The summed E-state index contributed by atoms with van der Waals surface area (Å²) in [4.78, 5) is 4.28. The molecule has 0 saturated heterocycles. The highest BCUT2D eigenvalue weighted by molar-refractivity contribution is 6.35. The summed E-state index contributed by atoms with van der Waals surface area (Å²) < 4.78 is 52.4. The number of alkyl halides is 2. The lowest BCUT2D eigenvalue weighted by molar-refractivity contribution is 0.114. The summed E-state index contributed by atoms with van der Waals surface area (Å²) in [6, 6.07) is 9.19. The topological polar surface area (TPSA) is 91.5 Å². The van der Waals surface area contributed by atoms with Gasteiger partial charge >= 0.3 is 0 Å². The van der Waals surface area contributed by atoms with Gasteiger partial charge in [0, 0.05) is 17.3 Å². The Hall–Kier alpha value is -3.84. The van der Waals surface area contributed by atoms with E-state index in [0.29, 0.717) is 22.2 Å². The smallest absolute Gasteiger partial charge is 0.261 e. The fourth-order valence-corrected chi connectivity index (χ4v) is 4.55. The summed E-state index contributed by atoms with van der Waals surface area (Å²) in [5.41, 5.74) is 0.243. The van der Waals surface area contributed by atoms with Crippen LogP contribution in [0.2, 0.25) is 5.02 Å². The zero-order chi connectivity index (χ0) is 26.7. The van der Waals surface area contributed by atoms with E-state index < -0.39 is 23.8 Å². The van der Waals surface area contributed by atoms with E-state index in [1.165, 1.54) is 30.5 Å². The number of nitrogens with zero attached hydrogens (tertiary/aromatic N) is 5. The molecule has 2 aliphatic carbocycles. The quantitative estimate of drug-likeness (QED) is 0.284. The van der Waals surface area contributed by atoms with Gasteiger partial charge in [0.2, 0.25) is 0 Å². The molecule has 2 saturated carbocycles. The normalized spacial score (nSPS) is 18.2. The molecule has 1 atom stereocenters. The van der Waals surface area contributed by atoms with Crippen LogP contribution in [0.1, 0.15) is 55.9 Å². The van der Waals surface area contributed by atoms with Gasteiger partial charge in [0.1, 0.15) is 17.6 Å². The van der Waals surface area contributed by atoms with Crippen molar-refractivity contribution in [2.75, 3.05) is 10.6 Å². The molecule has 7 nitrogen and oxygen atoms in total. The average Bonchev–Trinajstić information content (AvgIpc) is 3.83. The molecule has 2 fully saturated rings. The number of fused-ring (bicyclic) bond motifs is 1. The van der Waals surface area contributed by atoms with Crippen LogP contribution in [0.4, 0.5) is 24.5 Å². The molecule has 2 N–H and O–H groups in total. The van der Waals surface area contributed by atoms with Crippen molar-refractivity contribution >= 4 is 33.9 Å².